The number of methoxy groups -OCH3 is 1. The van der Waals surface area contributed by atoms with E-state index in [1.54, 1.807) is 7.11 Å². The van der Waals surface area contributed by atoms with Crippen LogP contribution in [0.2, 0.25) is 0 Å². The minimum Gasteiger partial charge on any atom is -0.381 e. The molecule has 0 atom stereocenters. The van der Waals surface area contributed by atoms with Gasteiger partial charge in [0, 0.05) is 19.1 Å². The molecule has 1 saturated heterocycles. The van der Waals surface area contributed by atoms with Crippen LogP contribution in [0.5, 0.6) is 0 Å². The topological polar surface area (TPSA) is 38.3 Å². The number of hydrogen-bond acceptors (Lipinski definition) is 2. The van der Waals surface area contributed by atoms with Gasteiger partial charge in [0.1, 0.15) is 0 Å². The van der Waals surface area contributed by atoms with Crippen molar-refractivity contribution in [3.63, 3.8) is 0 Å². The van der Waals surface area contributed by atoms with Gasteiger partial charge in [0.2, 0.25) is 5.91 Å². The number of ether oxygens (including phenoxy) is 1. The molecule has 2 aliphatic rings. The molecule has 1 aliphatic carbocycles. The monoisotopic (exact) mass is 183 g/mol. The van der Waals surface area contributed by atoms with Crippen LogP contribution in [-0.2, 0) is 9.53 Å². The Morgan fingerprint density at radius 2 is 2.08 bits per heavy atom. The summed E-state index contributed by atoms with van der Waals surface area (Å²) >= 11 is 0. The van der Waals surface area contributed by atoms with Crippen molar-refractivity contribution in [3.05, 3.63) is 0 Å². The molecule has 2 fully saturated rings. The fraction of sp³-hybridized carbons (Fsp3) is 0.900. The van der Waals surface area contributed by atoms with Crippen molar-refractivity contribution in [1.29, 1.82) is 0 Å². The number of carbonyl (C=O) groups is 1. The standard InChI is InChI=1S/C10H17NO2/c1-13-8-2-5-10(6-3-8)7-4-9(12)11-10/h8H,2-7H2,1H3,(H,11,12). The zero-order valence-electron chi connectivity index (χ0n) is 8.14. The average molecular weight is 183 g/mol. The van der Waals surface area contributed by atoms with E-state index in [1.807, 2.05) is 0 Å². The van der Waals surface area contributed by atoms with Crippen LogP contribution in [0.3, 0.4) is 0 Å². The van der Waals surface area contributed by atoms with Gasteiger partial charge in [0.15, 0.2) is 0 Å². The summed E-state index contributed by atoms with van der Waals surface area (Å²) < 4.78 is 5.31. The van der Waals surface area contributed by atoms with Gasteiger partial charge in [0.25, 0.3) is 0 Å². The summed E-state index contributed by atoms with van der Waals surface area (Å²) in [6.07, 6.45) is 6.55. The third kappa shape index (κ3) is 1.70. The first-order valence-electron chi connectivity index (χ1n) is 5.08. The third-order valence-electron chi connectivity index (χ3n) is 3.46. The Balaban J connectivity index is 1.93. The lowest BCUT2D eigenvalue weighted by Gasteiger charge is -2.36. The molecule has 3 nitrogen and oxygen atoms in total. The van der Waals surface area contributed by atoms with E-state index in [2.05, 4.69) is 5.32 Å². The predicted octanol–water partition coefficient (Wildman–Crippen LogP) is 1.22. The fourth-order valence-electron chi connectivity index (χ4n) is 2.53. The minimum atomic E-state index is 0.145. The maximum absolute atomic E-state index is 11.1. The van der Waals surface area contributed by atoms with Crippen molar-refractivity contribution in [2.45, 2.75) is 50.2 Å². The van der Waals surface area contributed by atoms with E-state index in [0.717, 1.165) is 38.5 Å². The molecular weight excluding hydrogens is 166 g/mol. The Morgan fingerprint density at radius 1 is 1.38 bits per heavy atom. The maximum atomic E-state index is 11.1. The van der Waals surface area contributed by atoms with Gasteiger partial charge in [-0.3, -0.25) is 4.79 Å². The van der Waals surface area contributed by atoms with E-state index in [-0.39, 0.29) is 11.4 Å². The maximum Gasteiger partial charge on any atom is 0.220 e. The van der Waals surface area contributed by atoms with Gasteiger partial charge in [-0.15, -0.1) is 0 Å². The molecule has 1 amide bonds. The van der Waals surface area contributed by atoms with Crippen LogP contribution in [0.4, 0.5) is 0 Å². The summed E-state index contributed by atoms with van der Waals surface area (Å²) in [5, 5.41) is 3.12. The van der Waals surface area contributed by atoms with E-state index < -0.39 is 0 Å². The number of hydrogen-bond donors (Lipinski definition) is 1. The van der Waals surface area contributed by atoms with Crippen LogP contribution in [-0.4, -0.2) is 24.7 Å². The molecule has 1 N–H and O–H groups in total. The molecule has 0 bridgehead atoms. The van der Waals surface area contributed by atoms with Crippen LogP contribution in [0.25, 0.3) is 0 Å². The van der Waals surface area contributed by atoms with Crippen LogP contribution < -0.4 is 5.32 Å². The molecule has 74 valence electrons. The van der Waals surface area contributed by atoms with E-state index in [9.17, 15) is 4.79 Å². The first-order valence-corrected chi connectivity index (χ1v) is 5.08. The predicted molar refractivity (Wildman–Crippen MR) is 49.4 cm³/mol. The van der Waals surface area contributed by atoms with E-state index >= 15 is 0 Å². The zero-order valence-corrected chi connectivity index (χ0v) is 8.14. The molecule has 0 aromatic heterocycles. The lowest BCUT2D eigenvalue weighted by Crippen LogP contribution is -2.45. The highest BCUT2D eigenvalue weighted by molar-refractivity contribution is 5.79. The number of amides is 1. The molecule has 0 unspecified atom stereocenters. The highest BCUT2D eigenvalue weighted by Gasteiger charge is 2.40. The Labute approximate surface area is 78.8 Å². The Morgan fingerprint density at radius 3 is 2.54 bits per heavy atom. The molecule has 0 radical (unpaired) electrons. The van der Waals surface area contributed by atoms with Crippen molar-refractivity contribution in [2.75, 3.05) is 7.11 Å². The van der Waals surface area contributed by atoms with Gasteiger partial charge >= 0.3 is 0 Å². The van der Waals surface area contributed by atoms with Crippen molar-refractivity contribution >= 4 is 5.91 Å². The Kier molecular flexibility index (Phi) is 2.28. The van der Waals surface area contributed by atoms with Gasteiger partial charge in [-0.05, 0) is 32.1 Å². The van der Waals surface area contributed by atoms with Crippen LogP contribution in [0.15, 0.2) is 0 Å². The second-order valence-corrected chi connectivity index (χ2v) is 4.26. The SMILES string of the molecule is COC1CCC2(CCC(=O)N2)CC1. The number of carbonyl (C=O) groups excluding carboxylic acids is 1. The molecule has 13 heavy (non-hydrogen) atoms. The smallest absolute Gasteiger partial charge is 0.220 e. The highest BCUT2D eigenvalue weighted by atomic mass is 16.5. The zero-order chi connectivity index (χ0) is 9.31. The highest BCUT2D eigenvalue weighted by Crippen LogP contribution is 2.36. The summed E-state index contributed by atoms with van der Waals surface area (Å²) in [6, 6.07) is 0. The van der Waals surface area contributed by atoms with E-state index in [1.165, 1.54) is 0 Å². The van der Waals surface area contributed by atoms with Gasteiger partial charge in [-0.1, -0.05) is 0 Å². The molecule has 1 heterocycles. The summed E-state index contributed by atoms with van der Waals surface area (Å²) in [4.78, 5) is 11.1. The van der Waals surface area contributed by atoms with Gasteiger partial charge < -0.3 is 10.1 Å². The van der Waals surface area contributed by atoms with Crippen LogP contribution in [0, 0.1) is 0 Å². The first kappa shape index (κ1) is 9.00. The number of rotatable bonds is 1. The summed E-state index contributed by atoms with van der Waals surface area (Å²) in [5.41, 5.74) is 0.145. The van der Waals surface area contributed by atoms with Crippen LogP contribution >= 0.6 is 0 Å². The molecule has 1 aliphatic heterocycles. The summed E-state index contributed by atoms with van der Waals surface area (Å²) in [5.74, 6) is 0.232. The second-order valence-electron chi connectivity index (χ2n) is 4.26. The van der Waals surface area contributed by atoms with Crippen molar-refractivity contribution in [2.24, 2.45) is 0 Å². The van der Waals surface area contributed by atoms with E-state index in [0.29, 0.717) is 6.10 Å². The lowest BCUT2D eigenvalue weighted by atomic mass is 9.79. The van der Waals surface area contributed by atoms with Gasteiger partial charge in [-0.2, -0.15) is 0 Å². The van der Waals surface area contributed by atoms with Crippen molar-refractivity contribution in [1.82, 2.24) is 5.32 Å². The normalized spacial score (nSPS) is 39.5. The summed E-state index contributed by atoms with van der Waals surface area (Å²) in [6.45, 7) is 0. The van der Waals surface area contributed by atoms with Crippen molar-refractivity contribution in [3.8, 4) is 0 Å². The largest absolute Gasteiger partial charge is 0.381 e. The van der Waals surface area contributed by atoms with Crippen LogP contribution in [0.1, 0.15) is 38.5 Å². The fourth-order valence-corrected chi connectivity index (χ4v) is 2.53. The van der Waals surface area contributed by atoms with Gasteiger partial charge in [0.05, 0.1) is 6.10 Å². The minimum absolute atomic E-state index is 0.145. The molecule has 1 saturated carbocycles. The second kappa shape index (κ2) is 3.29. The van der Waals surface area contributed by atoms with Crippen molar-refractivity contribution < 1.29 is 9.53 Å². The number of nitrogens with one attached hydrogen (secondary N) is 1. The molecule has 1 spiro atoms. The Bertz CT molecular complexity index is 207. The first-order chi connectivity index (χ1) is 6.24. The lowest BCUT2D eigenvalue weighted by molar-refractivity contribution is -0.120. The Hall–Kier alpha value is -0.570. The molecule has 0 aromatic carbocycles. The average Bonchev–Trinajstić information content (AvgIpc) is 2.49. The third-order valence-corrected chi connectivity index (χ3v) is 3.46. The molecule has 0 aromatic rings. The molecule has 3 heteroatoms. The van der Waals surface area contributed by atoms with Gasteiger partial charge in [-0.25, -0.2) is 0 Å². The molecule has 2 rings (SSSR count). The summed E-state index contributed by atoms with van der Waals surface area (Å²) in [7, 11) is 1.77. The quantitative estimate of drug-likeness (QED) is 0.664. The van der Waals surface area contributed by atoms with E-state index in [4.69, 9.17) is 4.74 Å². The molecular formula is C10H17NO2.